The number of carbonyl (C=O) groups is 2. The minimum Gasteiger partial charge on any atom is -0.495 e. The second kappa shape index (κ2) is 10.8. The molecular weight excluding hydrogens is 463 g/mol. The first-order valence-electron chi connectivity index (χ1n) is 10.1. The predicted octanol–water partition coefficient (Wildman–Crippen LogP) is 3.13. The Labute approximate surface area is 197 Å². The lowest BCUT2D eigenvalue weighted by Gasteiger charge is -2.21. The van der Waals surface area contributed by atoms with E-state index in [0.717, 1.165) is 4.31 Å². The van der Waals surface area contributed by atoms with E-state index in [1.54, 1.807) is 24.3 Å². The number of anilines is 1. The quantitative estimate of drug-likeness (QED) is 0.467. The van der Waals surface area contributed by atoms with Crippen LogP contribution in [0.15, 0.2) is 77.7 Å². The minimum absolute atomic E-state index is 0.0329. The van der Waals surface area contributed by atoms with Crippen molar-refractivity contribution in [1.82, 2.24) is 5.32 Å². The summed E-state index contributed by atoms with van der Waals surface area (Å²) in [7, 11) is -1.07. The Kier molecular flexibility index (Phi) is 7.85. The van der Waals surface area contributed by atoms with Gasteiger partial charge in [0.05, 0.1) is 23.3 Å². The van der Waals surface area contributed by atoms with Gasteiger partial charge in [-0.2, -0.15) is 0 Å². The maximum atomic E-state index is 13.0. The van der Waals surface area contributed by atoms with Crippen molar-refractivity contribution in [3.05, 3.63) is 89.7 Å². The van der Waals surface area contributed by atoms with E-state index in [4.69, 9.17) is 9.47 Å². The van der Waals surface area contributed by atoms with Crippen molar-refractivity contribution in [3.8, 4) is 5.75 Å². The van der Waals surface area contributed by atoms with Gasteiger partial charge in [0.25, 0.3) is 15.9 Å². The number of methoxy groups -OCH3 is 1. The molecule has 3 aromatic rings. The van der Waals surface area contributed by atoms with Gasteiger partial charge in [0.2, 0.25) is 0 Å². The number of sulfonamides is 1. The molecule has 0 atom stereocenters. The normalized spacial score (nSPS) is 10.9. The zero-order chi connectivity index (χ0) is 24.7. The number of nitrogens with one attached hydrogen (secondary N) is 1. The molecule has 3 rings (SSSR count). The van der Waals surface area contributed by atoms with Gasteiger partial charge < -0.3 is 14.8 Å². The highest BCUT2D eigenvalue weighted by Crippen LogP contribution is 2.30. The lowest BCUT2D eigenvalue weighted by atomic mass is 10.2. The third-order valence-corrected chi connectivity index (χ3v) is 6.70. The first-order chi connectivity index (χ1) is 16.2. The van der Waals surface area contributed by atoms with Crippen LogP contribution in [0.25, 0.3) is 0 Å². The van der Waals surface area contributed by atoms with Crippen LogP contribution in [0.3, 0.4) is 0 Å². The summed E-state index contributed by atoms with van der Waals surface area (Å²) in [5, 5.41) is 2.56. The number of rotatable bonds is 9. The van der Waals surface area contributed by atoms with Gasteiger partial charge in [-0.25, -0.2) is 17.6 Å². The lowest BCUT2D eigenvalue weighted by Crippen LogP contribution is -2.28. The number of hydrogen-bond acceptors (Lipinski definition) is 6. The predicted molar refractivity (Wildman–Crippen MR) is 124 cm³/mol. The fraction of sp³-hybridized carbons (Fsp3) is 0.167. The molecule has 0 fully saturated rings. The Bertz CT molecular complexity index is 1260. The molecule has 34 heavy (non-hydrogen) atoms. The van der Waals surface area contributed by atoms with E-state index in [2.05, 4.69) is 5.32 Å². The number of hydrogen-bond donors (Lipinski definition) is 1. The van der Waals surface area contributed by atoms with E-state index in [9.17, 15) is 22.4 Å². The highest BCUT2D eigenvalue weighted by molar-refractivity contribution is 7.92. The zero-order valence-corrected chi connectivity index (χ0v) is 19.3. The molecule has 3 aromatic carbocycles. The number of benzene rings is 3. The van der Waals surface area contributed by atoms with E-state index < -0.39 is 28.5 Å². The summed E-state index contributed by atoms with van der Waals surface area (Å²) in [6.07, 6.45) is 0. The molecule has 0 aliphatic rings. The van der Waals surface area contributed by atoms with Gasteiger partial charge in [0.1, 0.15) is 11.6 Å². The summed E-state index contributed by atoms with van der Waals surface area (Å²) >= 11 is 0. The molecule has 0 bridgehead atoms. The first kappa shape index (κ1) is 24.7. The van der Waals surface area contributed by atoms with Gasteiger partial charge in [0, 0.05) is 13.6 Å². The molecular formula is C24H23FN2O6S. The summed E-state index contributed by atoms with van der Waals surface area (Å²) in [6, 6.07) is 17.5. The van der Waals surface area contributed by atoms with Gasteiger partial charge in [-0.05, 0) is 54.1 Å². The molecule has 1 amide bonds. The molecule has 10 heteroatoms. The van der Waals surface area contributed by atoms with Crippen molar-refractivity contribution in [2.75, 3.05) is 25.1 Å². The molecule has 178 valence electrons. The van der Waals surface area contributed by atoms with Crippen LogP contribution in [0.5, 0.6) is 5.75 Å². The average molecular weight is 487 g/mol. The van der Waals surface area contributed by atoms with E-state index >= 15 is 0 Å². The standard InChI is InChI=1S/C24H23FN2O6S/c1-27(21-5-3-4-6-22(21)32-2)34(30,31)20-13-9-18(10-14-20)24(29)33-16-23(28)26-15-17-7-11-19(25)12-8-17/h3-14H,15-16H2,1-2H3,(H,26,28). The van der Waals surface area contributed by atoms with Crippen molar-refractivity contribution in [2.24, 2.45) is 0 Å². The number of nitrogens with zero attached hydrogens (tertiary/aromatic N) is 1. The number of ether oxygens (including phenoxy) is 2. The molecule has 8 nitrogen and oxygen atoms in total. The maximum Gasteiger partial charge on any atom is 0.338 e. The van der Waals surface area contributed by atoms with Crippen LogP contribution < -0.4 is 14.4 Å². The summed E-state index contributed by atoms with van der Waals surface area (Å²) < 4.78 is 50.2. The van der Waals surface area contributed by atoms with Gasteiger partial charge >= 0.3 is 5.97 Å². The molecule has 0 aromatic heterocycles. The van der Waals surface area contributed by atoms with E-state index in [1.807, 2.05) is 0 Å². The van der Waals surface area contributed by atoms with E-state index in [-0.39, 0.29) is 22.8 Å². The van der Waals surface area contributed by atoms with Crippen molar-refractivity contribution < 1.29 is 31.9 Å². The van der Waals surface area contributed by atoms with E-state index in [0.29, 0.717) is 17.0 Å². The van der Waals surface area contributed by atoms with Gasteiger partial charge in [-0.15, -0.1) is 0 Å². The fourth-order valence-corrected chi connectivity index (χ4v) is 4.21. The summed E-state index contributed by atoms with van der Waals surface area (Å²) in [4.78, 5) is 24.1. The fourth-order valence-electron chi connectivity index (χ4n) is 3.01. The topological polar surface area (TPSA) is 102 Å². The largest absolute Gasteiger partial charge is 0.495 e. The molecule has 1 N–H and O–H groups in total. The average Bonchev–Trinajstić information content (AvgIpc) is 2.86. The molecule has 0 spiro atoms. The van der Waals surface area contributed by atoms with Crippen LogP contribution in [0.1, 0.15) is 15.9 Å². The Balaban J connectivity index is 1.59. The van der Waals surface area contributed by atoms with Crippen LogP contribution in [0.2, 0.25) is 0 Å². The zero-order valence-electron chi connectivity index (χ0n) is 18.5. The van der Waals surface area contributed by atoms with Crippen LogP contribution >= 0.6 is 0 Å². The summed E-state index contributed by atoms with van der Waals surface area (Å²) in [6.45, 7) is -0.362. The Morgan fingerprint density at radius 1 is 0.971 bits per heavy atom. The third kappa shape index (κ3) is 5.90. The third-order valence-electron chi connectivity index (χ3n) is 4.91. The Morgan fingerprint density at radius 2 is 1.62 bits per heavy atom. The monoisotopic (exact) mass is 486 g/mol. The smallest absolute Gasteiger partial charge is 0.338 e. The number of carbonyl (C=O) groups excluding carboxylic acids is 2. The van der Waals surface area contributed by atoms with E-state index in [1.165, 1.54) is 62.7 Å². The van der Waals surface area contributed by atoms with Crippen molar-refractivity contribution in [3.63, 3.8) is 0 Å². The molecule has 0 unspecified atom stereocenters. The SMILES string of the molecule is COc1ccccc1N(C)S(=O)(=O)c1ccc(C(=O)OCC(=O)NCc2ccc(F)cc2)cc1. The Morgan fingerprint density at radius 3 is 2.26 bits per heavy atom. The highest BCUT2D eigenvalue weighted by atomic mass is 32.2. The lowest BCUT2D eigenvalue weighted by molar-refractivity contribution is -0.124. The molecule has 0 aliphatic heterocycles. The van der Waals surface area contributed by atoms with Crippen LogP contribution in [-0.4, -0.2) is 41.1 Å². The van der Waals surface area contributed by atoms with Crippen LogP contribution in [-0.2, 0) is 26.1 Å². The Hall–Kier alpha value is -3.92. The molecule has 0 saturated carbocycles. The molecule has 0 heterocycles. The van der Waals surface area contributed by atoms with Gasteiger partial charge in [-0.1, -0.05) is 24.3 Å². The molecule has 0 saturated heterocycles. The maximum absolute atomic E-state index is 13.0. The van der Waals surface area contributed by atoms with Crippen molar-refractivity contribution in [1.29, 1.82) is 0 Å². The summed E-state index contributed by atoms with van der Waals surface area (Å²) in [5.41, 5.74) is 1.14. The number of halogens is 1. The number of para-hydroxylation sites is 2. The van der Waals surface area contributed by atoms with Crippen LogP contribution in [0.4, 0.5) is 10.1 Å². The van der Waals surface area contributed by atoms with Gasteiger partial charge in [0.15, 0.2) is 6.61 Å². The first-order valence-corrected chi connectivity index (χ1v) is 11.6. The summed E-state index contributed by atoms with van der Waals surface area (Å²) in [5.74, 6) is -1.30. The number of amides is 1. The second-order valence-corrected chi connectivity index (χ2v) is 9.12. The minimum atomic E-state index is -3.92. The van der Waals surface area contributed by atoms with Crippen molar-refractivity contribution in [2.45, 2.75) is 11.4 Å². The molecule has 0 aliphatic carbocycles. The highest BCUT2D eigenvalue weighted by Gasteiger charge is 2.24. The number of esters is 1. The second-order valence-electron chi connectivity index (χ2n) is 7.15. The van der Waals surface area contributed by atoms with Crippen molar-refractivity contribution >= 4 is 27.6 Å². The van der Waals surface area contributed by atoms with Gasteiger partial charge in [-0.3, -0.25) is 9.10 Å². The molecule has 0 radical (unpaired) electrons. The van der Waals surface area contributed by atoms with Crippen LogP contribution in [0, 0.1) is 5.82 Å².